The highest BCUT2D eigenvalue weighted by molar-refractivity contribution is 5.50. The Hall–Kier alpha value is -2.64. The first-order chi connectivity index (χ1) is 11.8. The monoisotopic (exact) mass is 313 g/mol. The van der Waals surface area contributed by atoms with Crippen molar-refractivity contribution in [3.63, 3.8) is 0 Å². The fourth-order valence-corrected chi connectivity index (χ4v) is 2.80. The van der Waals surface area contributed by atoms with Crippen molar-refractivity contribution in [2.24, 2.45) is 0 Å². The van der Waals surface area contributed by atoms with Crippen LogP contribution in [0.5, 0.6) is 0 Å². The second-order valence-electron chi connectivity index (χ2n) is 5.96. The summed E-state index contributed by atoms with van der Waals surface area (Å²) in [6, 6.07) is 32.0. The molecule has 3 rings (SSSR count). The van der Waals surface area contributed by atoms with Crippen LogP contribution in [0.1, 0.15) is 35.7 Å². The van der Waals surface area contributed by atoms with Gasteiger partial charge >= 0.3 is 0 Å². The van der Waals surface area contributed by atoms with Crippen LogP contribution in [-0.2, 0) is 0 Å². The molecule has 120 valence electrons. The molecule has 0 fully saturated rings. The molecule has 0 heterocycles. The molecule has 24 heavy (non-hydrogen) atoms. The minimum Gasteiger partial charge on any atom is -0.300 e. The van der Waals surface area contributed by atoms with Gasteiger partial charge in [-0.05, 0) is 23.6 Å². The van der Waals surface area contributed by atoms with Gasteiger partial charge in [0.15, 0.2) is 0 Å². The van der Waals surface area contributed by atoms with Gasteiger partial charge in [-0.25, -0.2) is 0 Å². The van der Waals surface area contributed by atoms with E-state index in [0.717, 1.165) is 0 Å². The molecule has 0 aliphatic rings. The predicted octanol–water partition coefficient (Wildman–Crippen LogP) is 5.79. The Morgan fingerprint density at radius 2 is 1.17 bits per heavy atom. The van der Waals surface area contributed by atoms with Crippen LogP contribution < -0.4 is 5.32 Å². The molecule has 0 spiro atoms. The third-order valence-electron chi connectivity index (χ3n) is 4.17. The van der Waals surface area contributed by atoms with Crippen molar-refractivity contribution >= 4 is 6.08 Å². The van der Waals surface area contributed by atoms with Gasteiger partial charge in [0.05, 0.1) is 6.04 Å². The number of hydrogen-bond acceptors (Lipinski definition) is 1. The van der Waals surface area contributed by atoms with Crippen LogP contribution >= 0.6 is 0 Å². The van der Waals surface area contributed by atoms with Gasteiger partial charge in [0, 0.05) is 6.04 Å². The Balaban J connectivity index is 1.81. The summed E-state index contributed by atoms with van der Waals surface area (Å²) in [7, 11) is 0. The first-order valence-electron chi connectivity index (χ1n) is 8.42. The van der Waals surface area contributed by atoms with E-state index in [2.05, 4.69) is 109 Å². The van der Waals surface area contributed by atoms with Gasteiger partial charge in [0.2, 0.25) is 0 Å². The topological polar surface area (TPSA) is 12.0 Å². The molecule has 0 saturated heterocycles. The maximum Gasteiger partial charge on any atom is 0.0514 e. The van der Waals surface area contributed by atoms with Crippen molar-refractivity contribution in [2.75, 3.05) is 0 Å². The third-order valence-corrected chi connectivity index (χ3v) is 4.17. The molecule has 3 aromatic rings. The summed E-state index contributed by atoms with van der Waals surface area (Å²) in [5, 5.41) is 3.73. The van der Waals surface area contributed by atoms with E-state index < -0.39 is 0 Å². The predicted molar refractivity (Wildman–Crippen MR) is 103 cm³/mol. The van der Waals surface area contributed by atoms with E-state index in [4.69, 9.17) is 0 Å². The maximum atomic E-state index is 3.73. The molecule has 0 saturated carbocycles. The van der Waals surface area contributed by atoms with Crippen LogP contribution in [0, 0.1) is 0 Å². The van der Waals surface area contributed by atoms with E-state index in [1.54, 1.807) is 0 Å². The molecule has 0 radical (unpaired) electrons. The summed E-state index contributed by atoms with van der Waals surface area (Å²) in [6.45, 7) is 2.21. The van der Waals surface area contributed by atoms with Crippen molar-refractivity contribution in [3.8, 4) is 0 Å². The molecule has 2 atom stereocenters. The van der Waals surface area contributed by atoms with Crippen LogP contribution in [0.2, 0.25) is 0 Å². The zero-order valence-corrected chi connectivity index (χ0v) is 14.0. The van der Waals surface area contributed by atoms with Gasteiger partial charge in [-0.3, -0.25) is 0 Å². The summed E-state index contributed by atoms with van der Waals surface area (Å²) < 4.78 is 0. The first kappa shape index (κ1) is 16.2. The quantitative estimate of drug-likeness (QED) is 0.607. The Labute approximate surface area is 144 Å². The largest absolute Gasteiger partial charge is 0.300 e. The molecule has 0 bridgehead atoms. The molecule has 0 unspecified atom stereocenters. The lowest BCUT2D eigenvalue weighted by Crippen LogP contribution is -2.23. The normalized spacial score (nSPS) is 13.7. The van der Waals surface area contributed by atoms with Crippen LogP contribution in [-0.4, -0.2) is 0 Å². The average Bonchev–Trinajstić information content (AvgIpc) is 2.67. The number of rotatable bonds is 6. The van der Waals surface area contributed by atoms with E-state index >= 15 is 0 Å². The first-order valence-corrected chi connectivity index (χ1v) is 8.42. The Kier molecular flexibility index (Phi) is 5.60. The smallest absolute Gasteiger partial charge is 0.0514 e. The summed E-state index contributed by atoms with van der Waals surface area (Å²) in [4.78, 5) is 0. The van der Waals surface area contributed by atoms with Crippen LogP contribution in [0.3, 0.4) is 0 Å². The highest BCUT2D eigenvalue weighted by Gasteiger charge is 2.12. The van der Waals surface area contributed by atoms with E-state index in [9.17, 15) is 0 Å². The molecule has 1 nitrogen and oxygen atoms in total. The van der Waals surface area contributed by atoms with E-state index in [0.29, 0.717) is 0 Å². The average molecular weight is 313 g/mol. The van der Waals surface area contributed by atoms with E-state index in [1.165, 1.54) is 16.7 Å². The van der Waals surface area contributed by atoms with Gasteiger partial charge in [-0.1, -0.05) is 103 Å². The van der Waals surface area contributed by atoms with Gasteiger partial charge < -0.3 is 5.32 Å². The van der Waals surface area contributed by atoms with E-state index in [-0.39, 0.29) is 12.1 Å². The third kappa shape index (κ3) is 4.43. The highest BCUT2D eigenvalue weighted by Crippen LogP contribution is 2.21. The van der Waals surface area contributed by atoms with Gasteiger partial charge in [0.1, 0.15) is 0 Å². The fourth-order valence-electron chi connectivity index (χ4n) is 2.80. The highest BCUT2D eigenvalue weighted by atomic mass is 14.9. The van der Waals surface area contributed by atoms with E-state index in [1.807, 2.05) is 6.07 Å². The van der Waals surface area contributed by atoms with Crippen molar-refractivity contribution < 1.29 is 0 Å². The minimum absolute atomic E-state index is 0.168. The molecule has 0 aromatic heterocycles. The van der Waals surface area contributed by atoms with Crippen molar-refractivity contribution in [1.29, 1.82) is 0 Å². The molecule has 1 N–H and O–H groups in total. The fraction of sp³-hybridized carbons (Fsp3) is 0.130. The van der Waals surface area contributed by atoms with Crippen molar-refractivity contribution in [1.82, 2.24) is 5.32 Å². The molecule has 0 aliphatic carbocycles. The Morgan fingerprint density at radius 1 is 0.667 bits per heavy atom. The minimum atomic E-state index is 0.168. The number of hydrogen-bond donors (Lipinski definition) is 1. The molecule has 0 amide bonds. The van der Waals surface area contributed by atoms with Crippen molar-refractivity contribution in [3.05, 3.63) is 114 Å². The van der Waals surface area contributed by atoms with Gasteiger partial charge in [-0.15, -0.1) is 0 Å². The summed E-state index contributed by atoms with van der Waals surface area (Å²) in [6.07, 6.45) is 4.42. The number of benzene rings is 3. The van der Waals surface area contributed by atoms with Crippen molar-refractivity contribution in [2.45, 2.75) is 19.0 Å². The second-order valence-corrected chi connectivity index (χ2v) is 5.96. The summed E-state index contributed by atoms with van der Waals surface area (Å²) >= 11 is 0. The Morgan fingerprint density at radius 3 is 1.75 bits per heavy atom. The summed E-state index contributed by atoms with van der Waals surface area (Å²) in [5.74, 6) is 0. The van der Waals surface area contributed by atoms with Gasteiger partial charge in [-0.2, -0.15) is 0 Å². The zero-order valence-electron chi connectivity index (χ0n) is 14.0. The lowest BCUT2D eigenvalue weighted by atomic mass is 10.0. The summed E-state index contributed by atoms with van der Waals surface area (Å²) in [5.41, 5.74) is 3.78. The standard InChI is InChI=1S/C23H23N/c1-19(21-13-7-3-8-14-21)24-23(22-15-9-4-10-16-22)18-17-20-11-5-2-6-12-20/h2-19,23-24H,1H3/b18-17+/t19-,23+/m0/s1. The van der Waals surface area contributed by atoms with Crippen LogP contribution in [0.25, 0.3) is 6.08 Å². The van der Waals surface area contributed by atoms with Crippen LogP contribution in [0.15, 0.2) is 97.1 Å². The second kappa shape index (κ2) is 8.28. The molecule has 3 aromatic carbocycles. The molecule has 1 heteroatoms. The lowest BCUT2D eigenvalue weighted by molar-refractivity contribution is 0.528. The Bertz CT molecular complexity index is 748. The van der Waals surface area contributed by atoms with Gasteiger partial charge in [0.25, 0.3) is 0 Å². The SMILES string of the molecule is C[C@H](N[C@H](/C=C/c1ccccc1)c1ccccc1)c1ccccc1. The molecule has 0 aliphatic heterocycles. The number of nitrogens with one attached hydrogen (secondary N) is 1. The molecular weight excluding hydrogens is 290 g/mol. The van der Waals surface area contributed by atoms with Crippen LogP contribution in [0.4, 0.5) is 0 Å². The zero-order chi connectivity index (χ0) is 16.6. The lowest BCUT2D eigenvalue weighted by Gasteiger charge is -2.22. The molecular formula is C23H23N. The maximum absolute atomic E-state index is 3.73.